The lowest BCUT2D eigenvalue weighted by Crippen LogP contribution is -2.40. The molecule has 0 atom stereocenters. The van der Waals surface area contributed by atoms with Crippen LogP contribution < -0.4 is 10.6 Å². The van der Waals surface area contributed by atoms with Crippen LogP contribution in [0.5, 0.6) is 0 Å². The maximum Gasteiger partial charge on any atom is 0.244 e. The fourth-order valence-corrected chi connectivity index (χ4v) is 2.72. The number of hydrogen-bond acceptors (Lipinski definition) is 4. The van der Waals surface area contributed by atoms with Crippen molar-refractivity contribution in [1.82, 2.24) is 15.5 Å². The van der Waals surface area contributed by atoms with E-state index in [1.54, 1.807) is 18.0 Å². The second-order valence-electron chi connectivity index (χ2n) is 5.43. The molecule has 1 aliphatic heterocycles. The van der Waals surface area contributed by atoms with Crippen LogP contribution in [0.15, 0.2) is 27.8 Å². The van der Waals surface area contributed by atoms with Gasteiger partial charge in [-0.15, -0.1) is 0 Å². The molecule has 0 unspecified atom stereocenters. The zero-order valence-electron chi connectivity index (χ0n) is 13.7. The van der Waals surface area contributed by atoms with Gasteiger partial charge in [-0.05, 0) is 31.2 Å². The van der Waals surface area contributed by atoms with Gasteiger partial charge in [-0.25, -0.2) is 4.99 Å². The normalized spacial score (nSPS) is 15.0. The Kier molecular flexibility index (Phi) is 7.86. The van der Waals surface area contributed by atoms with Gasteiger partial charge in [-0.1, -0.05) is 0 Å². The third kappa shape index (κ3) is 6.56. The van der Waals surface area contributed by atoms with Crippen LogP contribution in [-0.4, -0.2) is 61.5 Å². The molecule has 1 aromatic rings. The van der Waals surface area contributed by atoms with Gasteiger partial charge >= 0.3 is 0 Å². The molecule has 128 valence electrons. The average Bonchev–Trinajstić information content (AvgIpc) is 3.25. The van der Waals surface area contributed by atoms with Crippen LogP contribution in [0.2, 0.25) is 0 Å². The smallest absolute Gasteiger partial charge is 0.244 e. The van der Waals surface area contributed by atoms with Crippen LogP contribution in [0, 0.1) is 0 Å². The lowest BCUT2D eigenvalue weighted by molar-refractivity contribution is -0.128. The first kappa shape index (κ1) is 17.7. The van der Waals surface area contributed by atoms with E-state index in [4.69, 9.17) is 4.42 Å². The molecule has 0 spiro atoms. The van der Waals surface area contributed by atoms with Crippen molar-refractivity contribution in [3.8, 4) is 0 Å². The summed E-state index contributed by atoms with van der Waals surface area (Å²) in [5, 5.41) is 6.53. The van der Waals surface area contributed by atoms with Crippen molar-refractivity contribution in [2.24, 2.45) is 4.99 Å². The van der Waals surface area contributed by atoms with E-state index in [1.807, 2.05) is 17.0 Å². The lowest BCUT2D eigenvalue weighted by Gasteiger charge is -2.15. The number of aliphatic imine (C=N–C) groups is 1. The zero-order valence-corrected chi connectivity index (χ0v) is 14.5. The molecule has 2 heterocycles. The summed E-state index contributed by atoms with van der Waals surface area (Å²) in [6.07, 6.45) is 6.75. The predicted octanol–water partition coefficient (Wildman–Crippen LogP) is 1.34. The summed E-state index contributed by atoms with van der Waals surface area (Å²) >= 11 is 1.77. The largest absolute Gasteiger partial charge is 0.469 e. The molecule has 0 aromatic carbocycles. The Hall–Kier alpha value is -1.63. The number of carbonyl (C=O) groups is 1. The SMILES string of the molecule is CSCCNC(=NCC(=O)N1CCCC1)NCCc1ccco1. The number of nitrogens with zero attached hydrogens (tertiary/aromatic N) is 2. The van der Waals surface area contributed by atoms with Crippen LogP contribution in [0.25, 0.3) is 0 Å². The van der Waals surface area contributed by atoms with Crippen molar-refractivity contribution in [2.75, 3.05) is 44.7 Å². The monoisotopic (exact) mass is 338 g/mol. The van der Waals surface area contributed by atoms with Crippen molar-refractivity contribution in [3.63, 3.8) is 0 Å². The number of nitrogens with one attached hydrogen (secondary N) is 2. The molecule has 7 heteroatoms. The van der Waals surface area contributed by atoms with Gasteiger partial charge < -0.3 is 20.0 Å². The number of carbonyl (C=O) groups excluding carboxylic acids is 1. The Morgan fingerprint density at radius 1 is 1.35 bits per heavy atom. The first-order chi connectivity index (χ1) is 11.3. The molecule has 0 saturated carbocycles. The van der Waals surface area contributed by atoms with Gasteiger partial charge in [0.1, 0.15) is 12.3 Å². The third-order valence-electron chi connectivity index (χ3n) is 3.67. The Balaban J connectivity index is 1.78. The topological polar surface area (TPSA) is 69.9 Å². The molecule has 1 amide bonds. The first-order valence-corrected chi connectivity index (χ1v) is 9.50. The minimum Gasteiger partial charge on any atom is -0.469 e. The molecule has 1 aliphatic rings. The Morgan fingerprint density at radius 3 is 2.83 bits per heavy atom. The summed E-state index contributed by atoms with van der Waals surface area (Å²) in [4.78, 5) is 18.4. The molecule has 2 N–H and O–H groups in total. The Morgan fingerprint density at radius 2 is 2.13 bits per heavy atom. The van der Waals surface area contributed by atoms with Crippen LogP contribution >= 0.6 is 11.8 Å². The van der Waals surface area contributed by atoms with E-state index in [1.165, 1.54) is 0 Å². The number of furan rings is 1. The Bertz CT molecular complexity index is 484. The standard InChI is InChI=1S/C16H26N4O2S/c1-23-12-8-18-16(17-7-6-14-5-4-11-22-14)19-13-15(21)20-9-2-3-10-20/h4-5,11H,2-3,6-10,12-13H2,1H3,(H2,17,18,19). The molecule has 1 fully saturated rings. The van der Waals surface area contributed by atoms with Crippen LogP contribution in [0.1, 0.15) is 18.6 Å². The van der Waals surface area contributed by atoms with E-state index < -0.39 is 0 Å². The summed E-state index contributed by atoms with van der Waals surface area (Å²) in [7, 11) is 0. The van der Waals surface area contributed by atoms with Crippen molar-refractivity contribution >= 4 is 23.6 Å². The number of thioether (sulfide) groups is 1. The summed E-state index contributed by atoms with van der Waals surface area (Å²) in [6.45, 7) is 3.49. The third-order valence-corrected chi connectivity index (χ3v) is 4.29. The lowest BCUT2D eigenvalue weighted by atomic mass is 10.3. The van der Waals surface area contributed by atoms with E-state index in [2.05, 4.69) is 21.9 Å². The summed E-state index contributed by atoms with van der Waals surface area (Å²) < 4.78 is 5.32. The van der Waals surface area contributed by atoms with E-state index >= 15 is 0 Å². The fourth-order valence-electron chi connectivity index (χ4n) is 2.42. The summed E-state index contributed by atoms with van der Waals surface area (Å²) in [5.41, 5.74) is 0. The predicted molar refractivity (Wildman–Crippen MR) is 94.9 cm³/mol. The minimum absolute atomic E-state index is 0.111. The van der Waals surface area contributed by atoms with E-state index in [9.17, 15) is 4.79 Å². The molecule has 23 heavy (non-hydrogen) atoms. The molecule has 0 aliphatic carbocycles. The van der Waals surface area contributed by atoms with Gasteiger partial charge in [0.05, 0.1) is 6.26 Å². The highest BCUT2D eigenvalue weighted by molar-refractivity contribution is 7.98. The van der Waals surface area contributed by atoms with Gasteiger partial charge in [0, 0.05) is 38.4 Å². The van der Waals surface area contributed by atoms with Gasteiger partial charge in [0.2, 0.25) is 5.91 Å². The maximum atomic E-state index is 12.1. The molecule has 1 aromatic heterocycles. The highest BCUT2D eigenvalue weighted by atomic mass is 32.2. The van der Waals surface area contributed by atoms with E-state index in [-0.39, 0.29) is 12.5 Å². The number of amides is 1. The Labute approximate surface area is 142 Å². The van der Waals surface area contributed by atoms with E-state index in [0.717, 1.165) is 57.0 Å². The van der Waals surface area contributed by atoms with Gasteiger partial charge in [0.25, 0.3) is 0 Å². The molecule has 0 radical (unpaired) electrons. The number of guanidine groups is 1. The molecule has 1 saturated heterocycles. The summed E-state index contributed by atoms with van der Waals surface area (Å²) in [6, 6.07) is 3.84. The van der Waals surface area contributed by atoms with Gasteiger partial charge in [-0.3, -0.25) is 4.79 Å². The average molecular weight is 338 g/mol. The minimum atomic E-state index is 0.111. The molecule has 0 bridgehead atoms. The van der Waals surface area contributed by atoms with Gasteiger partial charge in [0.15, 0.2) is 5.96 Å². The number of likely N-dealkylation sites (tertiary alicyclic amines) is 1. The second kappa shape index (κ2) is 10.2. The van der Waals surface area contributed by atoms with Gasteiger partial charge in [-0.2, -0.15) is 11.8 Å². The highest BCUT2D eigenvalue weighted by Crippen LogP contribution is 2.07. The van der Waals surface area contributed by atoms with E-state index in [0.29, 0.717) is 5.96 Å². The zero-order chi connectivity index (χ0) is 16.3. The van der Waals surface area contributed by atoms with Crippen molar-refractivity contribution in [1.29, 1.82) is 0 Å². The van der Waals surface area contributed by atoms with Crippen molar-refractivity contribution in [2.45, 2.75) is 19.3 Å². The van der Waals surface area contributed by atoms with Crippen molar-refractivity contribution < 1.29 is 9.21 Å². The second-order valence-corrected chi connectivity index (χ2v) is 6.41. The number of hydrogen-bond donors (Lipinski definition) is 2. The van der Waals surface area contributed by atoms with Crippen LogP contribution in [-0.2, 0) is 11.2 Å². The van der Waals surface area contributed by atoms with Crippen LogP contribution in [0.4, 0.5) is 0 Å². The maximum absolute atomic E-state index is 12.1. The van der Waals surface area contributed by atoms with Crippen molar-refractivity contribution in [3.05, 3.63) is 24.2 Å². The molecular weight excluding hydrogens is 312 g/mol. The molecule has 6 nitrogen and oxygen atoms in total. The summed E-state index contributed by atoms with van der Waals surface area (Å²) in [5.74, 6) is 2.74. The quantitative estimate of drug-likeness (QED) is 0.425. The first-order valence-electron chi connectivity index (χ1n) is 8.11. The van der Waals surface area contributed by atoms with Crippen LogP contribution in [0.3, 0.4) is 0 Å². The number of rotatable bonds is 8. The molecule has 2 rings (SSSR count). The highest BCUT2D eigenvalue weighted by Gasteiger charge is 2.17. The fraction of sp³-hybridized carbons (Fsp3) is 0.625. The molecular formula is C16H26N4O2S.